The molecule has 0 unspecified atom stereocenters. The van der Waals surface area contributed by atoms with Crippen molar-refractivity contribution in [1.82, 2.24) is 4.90 Å². The van der Waals surface area contributed by atoms with E-state index in [1.54, 1.807) is 6.07 Å². The van der Waals surface area contributed by atoms with E-state index in [4.69, 9.17) is 22.7 Å². The Morgan fingerprint density at radius 3 is 2.47 bits per heavy atom. The summed E-state index contributed by atoms with van der Waals surface area (Å²) in [5.74, 6) is 0.0553. The third-order valence-electron chi connectivity index (χ3n) is 3.79. The Labute approximate surface area is 119 Å². The van der Waals surface area contributed by atoms with Gasteiger partial charge in [-0.05, 0) is 45.1 Å². The first-order valence-electron chi connectivity index (χ1n) is 6.54. The largest absolute Gasteiger partial charge is 0.384 e. The number of amidine groups is 1. The highest BCUT2D eigenvalue weighted by atomic mass is 35.5. The van der Waals surface area contributed by atoms with Crippen molar-refractivity contribution in [2.24, 2.45) is 5.73 Å². The van der Waals surface area contributed by atoms with Crippen LogP contribution in [0.2, 0.25) is 5.02 Å². The number of hydrogen-bond acceptors (Lipinski definition) is 3. The summed E-state index contributed by atoms with van der Waals surface area (Å²) in [5, 5.41) is 8.10. The minimum atomic E-state index is 0.0553. The third-order valence-corrected chi connectivity index (χ3v) is 4.10. The van der Waals surface area contributed by atoms with Gasteiger partial charge in [-0.25, -0.2) is 0 Å². The Morgan fingerprint density at radius 1 is 1.37 bits per heavy atom. The highest BCUT2D eigenvalue weighted by Crippen LogP contribution is 2.29. The molecular formula is C14H21ClN4. The second kappa shape index (κ2) is 5.80. The monoisotopic (exact) mass is 280 g/mol. The number of nitrogens with one attached hydrogen (secondary N) is 1. The van der Waals surface area contributed by atoms with Gasteiger partial charge in [0.2, 0.25) is 0 Å². The second-order valence-corrected chi connectivity index (χ2v) is 5.67. The van der Waals surface area contributed by atoms with E-state index < -0.39 is 0 Å². The van der Waals surface area contributed by atoms with Crippen molar-refractivity contribution in [3.05, 3.63) is 28.8 Å². The Kier molecular flexibility index (Phi) is 4.32. The average molecular weight is 281 g/mol. The van der Waals surface area contributed by atoms with Crippen LogP contribution in [0.1, 0.15) is 18.4 Å². The molecule has 0 saturated carbocycles. The first-order valence-corrected chi connectivity index (χ1v) is 6.92. The molecule has 1 aliphatic heterocycles. The van der Waals surface area contributed by atoms with Gasteiger partial charge in [-0.3, -0.25) is 5.41 Å². The van der Waals surface area contributed by atoms with Crippen LogP contribution >= 0.6 is 11.6 Å². The highest BCUT2D eigenvalue weighted by Gasteiger charge is 2.22. The van der Waals surface area contributed by atoms with Crippen LogP contribution in [-0.2, 0) is 0 Å². The molecule has 1 aliphatic rings. The zero-order chi connectivity index (χ0) is 14.0. The van der Waals surface area contributed by atoms with Crippen molar-refractivity contribution < 1.29 is 0 Å². The molecule has 104 valence electrons. The predicted molar refractivity (Wildman–Crippen MR) is 81.4 cm³/mol. The van der Waals surface area contributed by atoms with E-state index in [1.807, 2.05) is 12.1 Å². The molecule has 3 N–H and O–H groups in total. The molecule has 0 spiro atoms. The summed E-state index contributed by atoms with van der Waals surface area (Å²) in [6.07, 6.45) is 2.30. The quantitative estimate of drug-likeness (QED) is 0.659. The summed E-state index contributed by atoms with van der Waals surface area (Å²) in [6, 6.07) is 6.26. The van der Waals surface area contributed by atoms with Crippen LogP contribution < -0.4 is 10.6 Å². The van der Waals surface area contributed by atoms with Gasteiger partial charge in [-0.1, -0.05) is 11.6 Å². The predicted octanol–water partition coefficient (Wildman–Crippen LogP) is 2.15. The molecule has 4 nitrogen and oxygen atoms in total. The van der Waals surface area contributed by atoms with Crippen LogP contribution in [0, 0.1) is 5.41 Å². The summed E-state index contributed by atoms with van der Waals surface area (Å²) in [4.78, 5) is 4.60. The number of nitrogens with two attached hydrogens (primary N) is 1. The molecule has 1 aromatic rings. The maximum absolute atomic E-state index is 7.42. The summed E-state index contributed by atoms with van der Waals surface area (Å²) in [5.41, 5.74) is 7.19. The maximum atomic E-state index is 7.42. The molecule has 1 fully saturated rings. The Balaban J connectivity index is 2.09. The van der Waals surface area contributed by atoms with Crippen LogP contribution in [0.15, 0.2) is 18.2 Å². The van der Waals surface area contributed by atoms with Gasteiger partial charge >= 0.3 is 0 Å². The molecular weight excluding hydrogens is 260 g/mol. The zero-order valence-corrected chi connectivity index (χ0v) is 12.2. The minimum absolute atomic E-state index is 0.0553. The van der Waals surface area contributed by atoms with Gasteiger partial charge in [0.1, 0.15) is 5.84 Å². The van der Waals surface area contributed by atoms with Crippen molar-refractivity contribution in [3.63, 3.8) is 0 Å². The Hall–Kier alpha value is -1.26. The van der Waals surface area contributed by atoms with Crippen LogP contribution in [-0.4, -0.2) is 44.0 Å². The number of nitrogen functional groups attached to an aromatic ring is 1. The summed E-state index contributed by atoms with van der Waals surface area (Å²) in [7, 11) is 4.27. The third kappa shape index (κ3) is 3.19. The molecule has 1 aromatic carbocycles. The molecule has 1 saturated heterocycles. The molecule has 0 aliphatic carbocycles. The lowest BCUT2D eigenvalue weighted by atomic mass is 10.0. The number of halogens is 1. The first-order chi connectivity index (χ1) is 8.99. The summed E-state index contributed by atoms with van der Waals surface area (Å²) in [6.45, 7) is 2.03. The van der Waals surface area contributed by atoms with Crippen LogP contribution in [0.25, 0.3) is 0 Å². The molecule has 5 heteroatoms. The van der Waals surface area contributed by atoms with Crippen LogP contribution in [0.5, 0.6) is 0 Å². The number of nitrogens with zero attached hydrogens (tertiary/aromatic N) is 2. The van der Waals surface area contributed by atoms with E-state index in [1.165, 1.54) is 0 Å². The molecule has 0 amide bonds. The molecule has 0 aromatic heterocycles. The van der Waals surface area contributed by atoms with Crippen molar-refractivity contribution in [1.29, 1.82) is 5.41 Å². The van der Waals surface area contributed by atoms with Crippen molar-refractivity contribution in [2.45, 2.75) is 18.9 Å². The lowest BCUT2D eigenvalue weighted by molar-refractivity contribution is 0.249. The molecule has 0 radical (unpaired) electrons. The van der Waals surface area contributed by atoms with Crippen molar-refractivity contribution >= 4 is 23.1 Å². The van der Waals surface area contributed by atoms with Gasteiger partial charge in [0.25, 0.3) is 0 Å². The van der Waals surface area contributed by atoms with Gasteiger partial charge in [0, 0.05) is 24.7 Å². The standard InChI is InChI=1S/C14H21ClN4/c1-18(2)11-5-7-19(8-6-11)13-4-3-10(14(16)17)9-12(13)15/h3-4,9,11H,5-8H2,1-2H3,(H3,16,17). The van der Waals surface area contributed by atoms with Gasteiger partial charge < -0.3 is 15.5 Å². The van der Waals surface area contributed by atoms with E-state index in [0.29, 0.717) is 16.6 Å². The number of hydrogen-bond donors (Lipinski definition) is 2. The van der Waals surface area contributed by atoms with Crippen LogP contribution in [0.3, 0.4) is 0 Å². The van der Waals surface area contributed by atoms with Gasteiger partial charge in [-0.2, -0.15) is 0 Å². The van der Waals surface area contributed by atoms with Gasteiger partial charge in [-0.15, -0.1) is 0 Å². The first kappa shape index (κ1) is 14.2. The average Bonchev–Trinajstić information content (AvgIpc) is 2.38. The van der Waals surface area contributed by atoms with Gasteiger partial charge in [0.15, 0.2) is 0 Å². The van der Waals surface area contributed by atoms with E-state index in [2.05, 4.69) is 23.9 Å². The number of anilines is 1. The fraction of sp³-hybridized carbons (Fsp3) is 0.500. The SMILES string of the molecule is CN(C)C1CCN(c2ccc(C(=N)N)cc2Cl)CC1. The van der Waals surface area contributed by atoms with Crippen molar-refractivity contribution in [2.75, 3.05) is 32.1 Å². The van der Waals surface area contributed by atoms with Gasteiger partial charge in [0.05, 0.1) is 10.7 Å². The Morgan fingerprint density at radius 2 is 2.00 bits per heavy atom. The Bertz CT molecular complexity index is 465. The smallest absolute Gasteiger partial charge is 0.122 e. The lowest BCUT2D eigenvalue weighted by Crippen LogP contribution is -2.42. The molecule has 0 atom stereocenters. The summed E-state index contributed by atoms with van der Waals surface area (Å²) >= 11 is 6.30. The normalized spacial score (nSPS) is 16.9. The van der Waals surface area contributed by atoms with Crippen LogP contribution in [0.4, 0.5) is 5.69 Å². The van der Waals surface area contributed by atoms with Crippen molar-refractivity contribution in [3.8, 4) is 0 Å². The molecule has 2 rings (SSSR count). The topological polar surface area (TPSA) is 56.4 Å². The highest BCUT2D eigenvalue weighted by molar-refractivity contribution is 6.33. The minimum Gasteiger partial charge on any atom is -0.384 e. The van der Waals surface area contributed by atoms with E-state index in [9.17, 15) is 0 Å². The van der Waals surface area contributed by atoms with E-state index in [0.717, 1.165) is 31.6 Å². The summed E-state index contributed by atoms with van der Waals surface area (Å²) < 4.78 is 0. The maximum Gasteiger partial charge on any atom is 0.122 e. The van der Waals surface area contributed by atoms with E-state index >= 15 is 0 Å². The number of piperidine rings is 1. The fourth-order valence-electron chi connectivity index (χ4n) is 2.55. The second-order valence-electron chi connectivity index (χ2n) is 5.26. The lowest BCUT2D eigenvalue weighted by Gasteiger charge is -2.36. The molecule has 1 heterocycles. The number of rotatable bonds is 3. The molecule has 19 heavy (non-hydrogen) atoms. The molecule has 0 bridgehead atoms. The fourth-order valence-corrected chi connectivity index (χ4v) is 2.85. The number of benzene rings is 1. The van der Waals surface area contributed by atoms with E-state index in [-0.39, 0.29) is 5.84 Å². The zero-order valence-electron chi connectivity index (χ0n) is 11.5.